The van der Waals surface area contributed by atoms with E-state index in [-0.39, 0.29) is 17.8 Å². The maximum atomic E-state index is 11.3. The molecule has 0 aromatic carbocycles. The highest BCUT2D eigenvalue weighted by Crippen LogP contribution is 2.42. The molecule has 0 unspecified atom stereocenters. The Bertz CT molecular complexity index is 254. The number of hydrogen-bond acceptors (Lipinski definition) is 5. The Labute approximate surface area is 88.9 Å². The molecule has 0 spiro atoms. The molecule has 5 nitrogen and oxygen atoms in total. The van der Waals surface area contributed by atoms with Crippen molar-refractivity contribution < 1.29 is 19.1 Å². The summed E-state index contributed by atoms with van der Waals surface area (Å²) in [6, 6.07) is -0.626. The zero-order valence-electron chi connectivity index (χ0n) is 9.06. The maximum absolute atomic E-state index is 11.3. The number of rotatable bonds is 5. The Hall–Kier alpha value is -1.10. The monoisotopic (exact) mass is 215 g/mol. The van der Waals surface area contributed by atoms with E-state index in [1.165, 1.54) is 7.11 Å². The molecule has 0 bridgehead atoms. The molecule has 3 atom stereocenters. The van der Waals surface area contributed by atoms with Gasteiger partial charge in [-0.3, -0.25) is 9.59 Å². The summed E-state index contributed by atoms with van der Waals surface area (Å²) in [7, 11) is 1.30. The lowest BCUT2D eigenvalue weighted by Crippen LogP contribution is -2.32. The smallest absolute Gasteiger partial charge is 0.322 e. The first-order chi connectivity index (χ1) is 7.10. The molecule has 0 saturated heterocycles. The standard InChI is InChI=1S/C10H17NO4/c1-3-15-9(12)7-4-6(7)5-8(11)10(13)14-2/h6-8H,3-5,11H2,1-2H3/t6-,7-,8+/m0/s1. The Morgan fingerprint density at radius 2 is 2.20 bits per heavy atom. The van der Waals surface area contributed by atoms with E-state index in [1.54, 1.807) is 6.92 Å². The molecule has 1 saturated carbocycles. The van der Waals surface area contributed by atoms with E-state index >= 15 is 0 Å². The zero-order valence-corrected chi connectivity index (χ0v) is 9.06. The third-order valence-corrected chi connectivity index (χ3v) is 2.57. The van der Waals surface area contributed by atoms with Crippen LogP contribution < -0.4 is 5.73 Å². The van der Waals surface area contributed by atoms with Gasteiger partial charge in [0.2, 0.25) is 0 Å². The van der Waals surface area contributed by atoms with E-state index in [0.29, 0.717) is 13.0 Å². The average molecular weight is 215 g/mol. The summed E-state index contributed by atoms with van der Waals surface area (Å²) < 4.78 is 9.37. The average Bonchev–Trinajstić information content (AvgIpc) is 2.96. The van der Waals surface area contributed by atoms with Crippen molar-refractivity contribution in [2.75, 3.05) is 13.7 Å². The molecular weight excluding hydrogens is 198 g/mol. The van der Waals surface area contributed by atoms with Crippen LogP contribution in [0.25, 0.3) is 0 Å². The summed E-state index contributed by atoms with van der Waals surface area (Å²) in [4.78, 5) is 22.3. The van der Waals surface area contributed by atoms with Crippen LogP contribution >= 0.6 is 0 Å². The molecule has 86 valence electrons. The first kappa shape index (κ1) is 12.0. The molecule has 0 aliphatic heterocycles. The lowest BCUT2D eigenvalue weighted by Gasteiger charge is -2.08. The second kappa shape index (κ2) is 5.11. The van der Waals surface area contributed by atoms with E-state index in [1.807, 2.05) is 0 Å². The molecule has 1 fully saturated rings. The van der Waals surface area contributed by atoms with Gasteiger partial charge >= 0.3 is 11.9 Å². The number of carbonyl (C=O) groups excluding carboxylic acids is 2. The van der Waals surface area contributed by atoms with Crippen LogP contribution in [0.2, 0.25) is 0 Å². The van der Waals surface area contributed by atoms with E-state index in [9.17, 15) is 9.59 Å². The fraction of sp³-hybridized carbons (Fsp3) is 0.800. The topological polar surface area (TPSA) is 78.6 Å². The van der Waals surface area contributed by atoms with Crippen molar-refractivity contribution in [3.05, 3.63) is 0 Å². The minimum absolute atomic E-state index is 0.0688. The van der Waals surface area contributed by atoms with E-state index in [4.69, 9.17) is 10.5 Å². The van der Waals surface area contributed by atoms with Crippen LogP contribution in [0.5, 0.6) is 0 Å². The summed E-state index contributed by atoms with van der Waals surface area (Å²) in [6.07, 6.45) is 1.26. The van der Waals surface area contributed by atoms with Crippen molar-refractivity contribution in [2.45, 2.75) is 25.8 Å². The number of nitrogens with two attached hydrogens (primary N) is 1. The largest absolute Gasteiger partial charge is 0.468 e. The highest BCUT2D eigenvalue weighted by atomic mass is 16.5. The van der Waals surface area contributed by atoms with Gasteiger partial charge in [-0.1, -0.05) is 0 Å². The molecule has 1 aliphatic carbocycles. The highest BCUT2D eigenvalue weighted by Gasteiger charge is 2.45. The van der Waals surface area contributed by atoms with Crippen molar-refractivity contribution in [1.82, 2.24) is 0 Å². The summed E-state index contributed by atoms with van der Waals surface area (Å²) in [5.41, 5.74) is 5.58. The van der Waals surface area contributed by atoms with Gasteiger partial charge in [0, 0.05) is 0 Å². The number of ether oxygens (including phenoxy) is 2. The fourth-order valence-electron chi connectivity index (χ4n) is 1.62. The molecule has 0 aromatic heterocycles. The first-order valence-corrected chi connectivity index (χ1v) is 5.10. The van der Waals surface area contributed by atoms with Crippen LogP contribution in [0.15, 0.2) is 0 Å². The van der Waals surface area contributed by atoms with Crippen molar-refractivity contribution >= 4 is 11.9 Å². The SMILES string of the molecule is CCOC(=O)[C@H]1C[C@H]1C[C@@H](N)C(=O)OC. The Morgan fingerprint density at radius 3 is 2.73 bits per heavy atom. The minimum Gasteiger partial charge on any atom is -0.468 e. The Balaban J connectivity index is 2.27. The molecule has 0 amide bonds. The molecule has 15 heavy (non-hydrogen) atoms. The van der Waals surface area contributed by atoms with Gasteiger partial charge in [-0.25, -0.2) is 0 Å². The highest BCUT2D eigenvalue weighted by molar-refractivity contribution is 5.77. The number of hydrogen-bond donors (Lipinski definition) is 1. The number of methoxy groups -OCH3 is 1. The van der Waals surface area contributed by atoms with Crippen LogP contribution in [0, 0.1) is 11.8 Å². The zero-order chi connectivity index (χ0) is 11.4. The van der Waals surface area contributed by atoms with Gasteiger partial charge in [-0.2, -0.15) is 0 Å². The molecular formula is C10H17NO4. The quantitative estimate of drug-likeness (QED) is 0.657. The van der Waals surface area contributed by atoms with Crippen LogP contribution in [-0.4, -0.2) is 31.7 Å². The maximum Gasteiger partial charge on any atom is 0.322 e. The van der Waals surface area contributed by atoms with Gasteiger partial charge in [-0.05, 0) is 25.7 Å². The van der Waals surface area contributed by atoms with Crippen LogP contribution in [0.1, 0.15) is 19.8 Å². The molecule has 2 N–H and O–H groups in total. The van der Waals surface area contributed by atoms with Crippen molar-refractivity contribution in [1.29, 1.82) is 0 Å². The molecule has 0 radical (unpaired) electrons. The molecule has 0 heterocycles. The third-order valence-electron chi connectivity index (χ3n) is 2.57. The lowest BCUT2D eigenvalue weighted by atomic mass is 10.1. The number of esters is 2. The minimum atomic E-state index is -0.626. The summed E-state index contributed by atoms with van der Waals surface area (Å²) in [5.74, 6) is -0.497. The molecule has 5 heteroatoms. The van der Waals surface area contributed by atoms with E-state index in [0.717, 1.165) is 6.42 Å². The van der Waals surface area contributed by atoms with Crippen LogP contribution in [0.4, 0.5) is 0 Å². The second-order valence-electron chi connectivity index (χ2n) is 3.72. The predicted molar refractivity (Wildman–Crippen MR) is 52.8 cm³/mol. The van der Waals surface area contributed by atoms with Gasteiger partial charge in [0.05, 0.1) is 19.6 Å². The summed E-state index contributed by atoms with van der Waals surface area (Å²) in [6.45, 7) is 2.17. The third kappa shape index (κ3) is 3.20. The van der Waals surface area contributed by atoms with Gasteiger partial charge in [0.25, 0.3) is 0 Å². The van der Waals surface area contributed by atoms with Crippen molar-refractivity contribution in [3.8, 4) is 0 Å². The van der Waals surface area contributed by atoms with Gasteiger partial charge in [0.15, 0.2) is 0 Å². The Morgan fingerprint density at radius 1 is 1.53 bits per heavy atom. The molecule has 1 rings (SSSR count). The first-order valence-electron chi connectivity index (χ1n) is 5.10. The van der Waals surface area contributed by atoms with Gasteiger partial charge in [0.1, 0.15) is 6.04 Å². The lowest BCUT2D eigenvalue weighted by molar-refractivity contribution is -0.146. The van der Waals surface area contributed by atoms with E-state index < -0.39 is 12.0 Å². The van der Waals surface area contributed by atoms with Crippen molar-refractivity contribution in [3.63, 3.8) is 0 Å². The Kier molecular flexibility index (Phi) is 4.08. The summed E-state index contributed by atoms with van der Waals surface area (Å²) in [5, 5.41) is 0. The normalized spacial score (nSPS) is 25.5. The van der Waals surface area contributed by atoms with Crippen LogP contribution in [-0.2, 0) is 19.1 Å². The summed E-state index contributed by atoms with van der Waals surface area (Å²) >= 11 is 0. The van der Waals surface area contributed by atoms with E-state index in [2.05, 4.69) is 4.74 Å². The van der Waals surface area contributed by atoms with Gasteiger partial charge in [-0.15, -0.1) is 0 Å². The van der Waals surface area contributed by atoms with Crippen molar-refractivity contribution in [2.24, 2.45) is 17.6 Å². The predicted octanol–water partition coefficient (Wildman–Crippen LogP) is 0.0760. The number of carbonyl (C=O) groups is 2. The van der Waals surface area contributed by atoms with Gasteiger partial charge < -0.3 is 15.2 Å². The van der Waals surface area contributed by atoms with Crippen LogP contribution in [0.3, 0.4) is 0 Å². The fourth-order valence-corrected chi connectivity index (χ4v) is 1.62. The molecule has 1 aliphatic rings. The molecule has 0 aromatic rings. The second-order valence-corrected chi connectivity index (χ2v) is 3.72.